The second-order valence-electron chi connectivity index (χ2n) is 9.86. The molecule has 0 aliphatic carbocycles. The van der Waals surface area contributed by atoms with Crippen LogP contribution in [-0.4, -0.2) is 50.0 Å². The van der Waals surface area contributed by atoms with Crippen LogP contribution in [0.2, 0.25) is 0 Å². The van der Waals surface area contributed by atoms with Crippen molar-refractivity contribution in [3.8, 4) is 17.0 Å². The number of urea groups is 1. The van der Waals surface area contributed by atoms with E-state index in [4.69, 9.17) is 9.57 Å². The number of hydroxylamine groups is 2. The predicted molar refractivity (Wildman–Crippen MR) is 135 cm³/mol. The number of ether oxygens (including phenoxy) is 1. The Morgan fingerprint density at radius 2 is 2.08 bits per heavy atom. The summed E-state index contributed by atoms with van der Waals surface area (Å²) in [7, 11) is 1.85. The molecule has 2 amide bonds. The molecule has 36 heavy (non-hydrogen) atoms. The molecule has 0 bridgehead atoms. The number of hydrogen-bond donors (Lipinski definition) is 2. The number of aromatic nitrogens is 4. The van der Waals surface area contributed by atoms with E-state index in [9.17, 15) is 4.79 Å². The maximum atomic E-state index is 12.9. The van der Waals surface area contributed by atoms with Gasteiger partial charge in [-0.25, -0.2) is 19.8 Å². The van der Waals surface area contributed by atoms with E-state index in [0.29, 0.717) is 18.5 Å². The number of carbonyl (C=O) groups is 1. The molecule has 1 unspecified atom stereocenters. The lowest BCUT2D eigenvalue weighted by Gasteiger charge is -2.24. The number of rotatable bonds is 4. The fourth-order valence-electron chi connectivity index (χ4n) is 4.07. The van der Waals surface area contributed by atoms with Gasteiger partial charge in [-0.15, -0.1) is 5.06 Å². The summed E-state index contributed by atoms with van der Waals surface area (Å²) in [5.41, 5.74) is 3.11. The maximum Gasteiger partial charge on any atom is 0.352 e. The van der Waals surface area contributed by atoms with Gasteiger partial charge in [0.2, 0.25) is 11.8 Å². The van der Waals surface area contributed by atoms with Crippen molar-refractivity contribution in [1.82, 2.24) is 30.1 Å². The molecule has 2 aromatic heterocycles. The van der Waals surface area contributed by atoms with Crippen molar-refractivity contribution in [2.45, 2.75) is 39.7 Å². The van der Waals surface area contributed by atoms with E-state index < -0.39 is 0 Å². The Balaban J connectivity index is 1.32. The molecule has 2 N–H and O–H groups in total. The van der Waals surface area contributed by atoms with Gasteiger partial charge in [0.05, 0.1) is 30.2 Å². The molecular weight excluding hydrogens is 460 g/mol. The number of nitrogens with zero attached hydrogens (tertiary/aromatic N) is 6. The molecule has 2 aliphatic rings. The average Bonchev–Trinajstić information content (AvgIpc) is 3.46. The van der Waals surface area contributed by atoms with Crippen molar-refractivity contribution < 1.29 is 14.4 Å². The molecule has 5 rings (SSSR count). The van der Waals surface area contributed by atoms with Crippen LogP contribution in [0.5, 0.6) is 5.75 Å². The van der Waals surface area contributed by atoms with E-state index >= 15 is 0 Å². The van der Waals surface area contributed by atoms with Crippen molar-refractivity contribution >= 4 is 23.6 Å². The van der Waals surface area contributed by atoms with Crippen LogP contribution < -0.4 is 15.4 Å². The van der Waals surface area contributed by atoms with Crippen LogP contribution in [-0.2, 0) is 11.9 Å². The third kappa shape index (κ3) is 5.09. The first-order valence-electron chi connectivity index (χ1n) is 11.9. The lowest BCUT2D eigenvalue weighted by molar-refractivity contribution is -0.0128. The molecule has 3 aromatic rings. The first-order valence-corrected chi connectivity index (χ1v) is 11.9. The van der Waals surface area contributed by atoms with E-state index in [-0.39, 0.29) is 24.2 Å². The number of amides is 2. The van der Waals surface area contributed by atoms with Crippen LogP contribution in [0.25, 0.3) is 11.3 Å². The highest BCUT2D eigenvalue weighted by Gasteiger charge is 2.32. The van der Waals surface area contributed by atoms with Crippen molar-refractivity contribution in [2.75, 3.05) is 18.6 Å². The number of aryl methyl sites for hydroxylation is 1. The third-order valence-corrected chi connectivity index (χ3v) is 5.90. The highest BCUT2D eigenvalue weighted by atomic mass is 16.7. The Morgan fingerprint density at radius 1 is 1.22 bits per heavy atom. The molecule has 4 heterocycles. The normalized spacial score (nSPS) is 17.4. The van der Waals surface area contributed by atoms with Crippen LogP contribution >= 0.6 is 0 Å². The largest absolute Gasteiger partial charge is 0.493 e. The Morgan fingerprint density at radius 3 is 2.83 bits per heavy atom. The number of anilines is 2. The Hall–Kier alpha value is -4.15. The predicted octanol–water partition coefficient (Wildman–Crippen LogP) is 4.19. The topological polar surface area (TPSA) is 119 Å². The van der Waals surface area contributed by atoms with Crippen LogP contribution in [0, 0.1) is 5.41 Å². The Bertz CT molecular complexity index is 1300. The van der Waals surface area contributed by atoms with Gasteiger partial charge >= 0.3 is 6.03 Å². The third-order valence-electron chi connectivity index (χ3n) is 5.90. The second kappa shape index (κ2) is 9.48. The molecule has 2 aliphatic heterocycles. The van der Waals surface area contributed by atoms with Crippen LogP contribution in [0.4, 0.5) is 16.4 Å². The number of carbonyl (C=O) groups excluding carboxylic acids is 1. The van der Waals surface area contributed by atoms with Gasteiger partial charge < -0.3 is 20.2 Å². The summed E-state index contributed by atoms with van der Waals surface area (Å²) >= 11 is 0. The second-order valence-corrected chi connectivity index (χ2v) is 9.86. The van der Waals surface area contributed by atoms with Gasteiger partial charge in [-0.1, -0.05) is 32.9 Å². The molecule has 1 aromatic carbocycles. The lowest BCUT2D eigenvalue weighted by atomic mass is 9.97. The summed E-state index contributed by atoms with van der Waals surface area (Å²) in [5, 5.41) is 11.7. The molecule has 1 atom stereocenters. The van der Waals surface area contributed by atoms with E-state index in [1.165, 1.54) is 5.06 Å². The fourth-order valence-corrected chi connectivity index (χ4v) is 4.07. The molecule has 0 spiro atoms. The summed E-state index contributed by atoms with van der Waals surface area (Å²) in [5.74, 6) is 1.75. The summed E-state index contributed by atoms with van der Waals surface area (Å²) < 4.78 is 7.76. The van der Waals surface area contributed by atoms with Crippen LogP contribution in [0.1, 0.15) is 45.2 Å². The minimum atomic E-state index is -0.318. The number of benzene rings is 1. The molecule has 188 valence electrons. The smallest absolute Gasteiger partial charge is 0.352 e. The molecule has 0 saturated carbocycles. The zero-order chi connectivity index (χ0) is 25.3. The fraction of sp³-hybridized carbons (Fsp3) is 0.400. The van der Waals surface area contributed by atoms with Gasteiger partial charge in [0.15, 0.2) is 6.67 Å². The molecule has 0 saturated heterocycles. The van der Waals surface area contributed by atoms with Gasteiger partial charge in [0.1, 0.15) is 5.75 Å². The highest BCUT2D eigenvalue weighted by molar-refractivity contribution is 5.85. The zero-order valence-electron chi connectivity index (χ0n) is 20.9. The Kier molecular flexibility index (Phi) is 6.21. The first kappa shape index (κ1) is 23.6. The van der Waals surface area contributed by atoms with Gasteiger partial charge in [-0.2, -0.15) is 5.10 Å². The molecule has 11 nitrogen and oxygen atoms in total. The highest BCUT2D eigenvalue weighted by Crippen LogP contribution is 2.35. The number of hydrogen-bond acceptors (Lipinski definition) is 8. The SMILES string of the molecule is Cn1cc(Nc2nccc(-c3ccc4c(c3)OCCCC4NC(=O)N3CN=C(C(C)(C)C)O3)n2)cn1. The monoisotopic (exact) mass is 490 g/mol. The van der Waals surface area contributed by atoms with Crippen LogP contribution in [0.15, 0.2) is 47.8 Å². The van der Waals surface area contributed by atoms with Crippen molar-refractivity contribution in [1.29, 1.82) is 0 Å². The standard InChI is InChI=1S/C25H30N8O3/c1-25(2,3)22-27-15-33(36-22)24(34)31-20-6-5-11-35-21-12-16(7-8-18(20)21)19-9-10-26-23(30-19)29-17-13-28-32(4)14-17/h7-10,12-14,20H,5-6,11,15H2,1-4H3,(H,31,34)(H,26,29,30). The van der Waals surface area contributed by atoms with E-state index in [2.05, 4.69) is 30.7 Å². The number of fused-ring (bicyclic) bond motifs is 1. The van der Waals surface area contributed by atoms with Crippen LogP contribution in [0.3, 0.4) is 0 Å². The van der Waals surface area contributed by atoms with E-state index in [1.54, 1.807) is 17.1 Å². The zero-order valence-corrected chi connectivity index (χ0v) is 20.9. The quantitative estimate of drug-likeness (QED) is 0.563. The minimum absolute atomic E-state index is 0.177. The number of nitrogens with one attached hydrogen (secondary N) is 2. The Labute approximate surface area is 209 Å². The summed E-state index contributed by atoms with van der Waals surface area (Å²) in [4.78, 5) is 31.9. The molecular formula is C25H30N8O3. The van der Waals surface area contributed by atoms with Gasteiger partial charge in [-0.3, -0.25) is 4.68 Å². The van der Waals surface area contributed by atoms with Crippen molar-refractivity contribution in [3.63, 3.8) is 0 Å². The summed E-state index contributed by atoms with van der Waals surface area (Å²) in [6.45, 7) is 6.74. The summed E-state index contributed by atoms with van der Waals surface area (Å²) in [6.07, 6.45) is 6.84. The van der Waals surface area contributed by atoms with Gasteiger partial charge in [-0.05, 0) is 25.0 Å². The lowest BCUT2D eigenvalue weighted by Crippen LogP contribution is -2.41. The molecule has 0 radical (unpaired) electrons. The van der Waals surface area contributed by atoms with Gasteiger partial charge in [0, 0.05) is 36.0 Å². The summed E-state index contributed by atoms with van der Waals surface area (Å²) in [6, 6.07) is 7.25. The van der Waals surface area contributed by atoms with Crippen molar-refractivity contribution in [3.05, 3.63) is 48.4 Å². The minimum Gasteiger partial charge on any atom is -0.493 e. The molecule has 0 fully saturated rings. The van der Waals surface area contributed by atoms with Gasteiger partial charge in [0.25, 0.3) is 0 Å². The average molecular weight is 491 g/mol. The first-order chi connectivity index (χ1) is 17.3. The van der Waals surface area contributed by atoms with Crippen molar-refractivity contribution in [2.24, 2.45) is 17.5 Å². The molecule has 11 heteroatoms. The van der Waals surface area contributed by atoms with E-state index in [0.717, 1.165) is 41.1 Å². The number of aliphatic imine (C=N–C) groups is 1. The maximum absolute atomic E-state index is 12.9. The van der Waals surface area contributed by atoms with E-state index in [1.807, 2.05) is 58.3 Å².